The first-order valence-electron chi connectivity index (χ1n) is 14.9. The van der Waals surface area contributed by atoms with Gasteiger partial charge in [0.2, 0.25) is 0 Å². The lowest BCUT2D eigenvalue weighted by Crippen LogP contribution is -2.48. The number of anilines is 1. The van der Waals surface area contributed by atoms with Gasteiger partial charge in [-0.2, -0.15) is 0 Å². The van der Waals surface area contributed by atoms with E-state index in [-0.39, 0.29) is 12.8 Å². The average Bonchev–Trinajstić information content (AvgIpc) is 3.23. The first kappa shape index (κ1) is 35.0. The van der Waals surface area contributed by atoms with Gasteiger partial charge < -0.3 is 29.4 Å². The summed E-state index contributed by atoms with van der Waals surface area (Å²) in [5.74, 6) is 0.320. The predicted molar refractivity (Wildman–Crippen MR) is 163 cm³/mol. The zero-order valence-corrected chi connectivity index (χ0v) is 25.9. The van der Waals surface area contributed by atoms with Crippen molar-refractivity contribution in [2.24, 2.45) is 11.8 Å². The Kier molecular flexibility index (Phi) is 15.4. The fourth-order valence-electron chi connectivity index (χ4n) is 5.27. The summed E-state index contributed by atoms with van der Waals surface area (Å²) < 4.78 is 4.41. The molecule has 0 bridgehead atoms. The molecule has 1 aromatic rings. The molecule has 0 aliphatic carbocycles. The Morgan fingerprint density at radius 3 is 2.10 bits per heavy atom. The smallest absolute Gasteiger partial charge is 0.293 e. The lowest BCUT2D eigenvalue weighted by Gasteiger charge is -2.39. The molecule has 3 heterocycles. The topological polar surface area (TPSA) is 120 Å². The number of rotatable bonds is 11. The average molecular weight is 588 g/mol. The number of likely N-dealkylation sites (tertiary alicyclic amines) is 1. The third-order valence-corrected chi connectivity index (χ3v) is 7.56. The van der Waals surface area contributed by atoms with E-state index < -0.39 is 17.9 Å². The molecule has 1 aromatic carbocycles. The van der Waals surface area contributed by atoms with E-state index in [0.717, 1.165) is 49.2 Å². The number of benzene rings is 1. The minimum Gasteiger partial charge on any atom is -0.468 e. The maximum atomic E-state index is 12.9. The standard InChI is InChI=1S/C24H32N4O4.C5H10O2.C2H7N/c1-25-8-6-18(7-9-25)16-26-10-12-27(13-11-26)19-4-5-21-22(15-19)24(32)28(23(21)31)20(17-30)3-2-14-29;1-5(2)3-7-4-6;1-3-2/h4-5,14-15,17-18,20H,2-3,6-13,16H2,1H3;4-5H,3H2,1-2H3;3H,1-2H3. The van der Waals surface area contributed by atoms with E-state index in [0.29, 0.717) is 42.7 Å². The maximum absolute atomic E-state index is 12.9. The van der Waals surface area contributed by atoms with Crippen molar-refractivity contribution in [3.63, 3.8) is 0 Å². The van der Waals surface area contributed by atoms with Crippen LogP contribution in [0.1, 0.15) is 60.2 Å². The molecule has 0 saturated carbocycles. The number of imide groups is 1. The molecule has 2 saturated heterocycles. The fraction of sp³-hybridized carbons (Fsp3) is 0.645. The van der Waals surface area contributed by atoms with Crippen molar-refractivity contribution in [2.45, 2.75) is 45.6 Å². The highest BCUT2D eigenvalue weighted by Crippen LogP contribution is 2.30. The van der Waals surface area contributed by atoms with E-state index in [1.54, 1.807) is 12.1 Å². The second-order valence-electron chi connectivity index (χ2n) is 11.5. The molecule has 2 fully saturated rings. The van der Waals surface area contributed by atoms with Gasteiger partial charge in [-0.25, -0.2) is 0 Å². The number of nitrogens with zero attached hydrogens (tertiary/aromatic N) is 4. The molecule has 11 heteroatoms. The second kappa shape index (κ2) is 18.4. The van der Waals surface area contributed by atoms with Crippen LogP contribution in [0.5, 0.6) is 0 Å². The van der Waals surface area contributed by atoms with Crippen LogP contribution < -0.4 is 10.2 Å². The Balaban J connectivity index is 0.000000534. The van der Waals surface area contributed by atoms with Gasteiger partial charge in [-0.15, -0.1) is 0 Å². The number of aldehydes is 2. The number of hydrogen-bond donors (Lipinski definition) is 1. The van der Waals surface area contributed by atoms with Crippen LogP contribution in [0.4, 0.5) is 5.69 Å². The molecule has 1 unspecified atom stereocenters. The van der Waals surface area contributed by atoms with Gasteiger partial charge >= 0.3 is 0 Å². The van der Waals surface area contributed by atoms with Crippen molar-refractivity contribution in [1.82, 2.24) is 20.0 Å². The normalized spacial score (nSPS) is 18.4. The minimum absolute atomic E-state index is 0.129. The first-order chi connectivity index (χ1) is 20.2. The van der Waals surface area contributed by atoms with Gasteiger partial charge in [0, 0.05) is 44.8 Å². The molecule has 1 atom stereocenters. The van der Waals surface area contributed by atoms with Crippen LogP contribution >= 0.6 is 0 Å². The molecule has 2 amide bonds. The van der Waals surface area contributed by atoms with E-state index in [1.807, 2.05) is 34.0 Å². The van der Waals surface area contributed by atoms with Crippen LogP contribution in [-0.2, 0) is 19.1 Å². The van der Waals surface area contributed by atoms with Crippen molar-refractivity contribution < 1.29 is 28.7 Å². The van der Waals surface area contributed by atoms with Crippen LogP contribution in [0.15, 0.2) is 18.2 Å². The zero-order chi connectivity index (χ0) is 31.1. The molecule has 11 nitrogen and oxygen atoms in total. The Morgan fingerprint density at radius 2 is 1.57 bits per heavy atom. The molecule has 42 heavy (non-hydrogen) atoms. The van der Waals surface area contributed by atoms with Crippen molar-refractivity contribution in [3.05, 3.63) is 29.3 Å². The number of carbonyl (C=O) groups excluding carboxylic acids is 5. The van der Waals surface area contributed by atoms with Crippen LogP contribution in [0.3, 0.4) is 0 Å². The van der Waals surface area contributed by atoms with Gasteiger partial charge in [0.15, 0.2) is 0 Å². The summed E-state index contributed by atoms with van der Waals surface area (Å²) >= 11 is 0. The molecule has 3 aliphatic rings. The molecule has 4 rings (SSSR count). The quantitative estimate of drug-likeness (QED) is 0.304. The van der Waals surface area contributed by atoms with Crippen LogP contribution in [0.25, 0.3) is 0 Å². The summed E-state index contributed by atoms with van der Waals surface area (Å²) in [6.07, 6.45) is 4.09. The first-order valence-corrected chi connectivity index (χ1v) is 14.9. The van der Waals surface area contributed by atoms with E-state index >= 15 is 0 Å². The number of carbonyl (C=O) groups is 5. The van der Waals surface area contributed by atoms with Crippen LogP contribution in [-0.4, -0.2) is 125 Å². The minimum atomic E-state index is -0.904. The van der Waals surface area contributed by atoms with Crippen molar-refractivity contribution in [2.75, 3.05) is 78.5 Å². The highest BCUT2D eigenvalue weighted by atomic mass is 16.5. The fourth-order valence-corrected chi connectivity index (χ4v) is 5.27. The highest BCUT2D eigenvalue weighted by Gasteiger charge is 2.40. The van der Waals surface area contributed by atoms with Crippen LogP contribution in [0.2, 0.25) is 0 Å². The summed E-state index contributed by atoms with van der Waals surface area (Å²) in [5, 5.41) is 2.75. The molecule has 0 spiro atoms. The Hall–Kier alpha value is -3.15. The number of piperazine rings is 1. The van der Waals surface area contributed by atoms with E-state index in [1.165, 1.54) is 25.9 Å². The number of nitrogens with one attached hydrogen (secondary N) is 1. The SMILES string of the molecule is CC(C)COC=O.CN1CCC(CN2CCN(c3ccc4c(c3)C(=O)N(C(C=O)CCC=O)C4=O)CC2)CC1.CNC. The predicted octanol–water partition coefficient (Wildman–Crippen LogP) is 1.94. The molecule has 0 radical (unpaired) electrons. The largest absolute Gasteiger partial charge is 0.468 e. The molecule has 1 N–H and O–H groups in total. The summed E-state index contributed by atoms with van der Waals surface area (Å²) in [6.45, 7) is 12.2. The number of hydrogen-bond acceptors (Lipinski definition) is 10. The Labute approximate surface area is 250 Å². The van der Waals surface area contributed by atoms with Gasteiger partial charge in [0.05, 0.1) is 23.8 Å². The zero-order valence-electron chi connectivity index (χ0n) is 25.9. The number of amides is 2. The van der Waals surface area contributed by atoms with E-state index in [9.17, 15) is 24.0 Å². The van der Waals surface area contributed by atoms with Crippen LogP contribution in [0, 0.1) is 11.8 Å². The molecule has 234 valence electrons. The third kappa shape index (κ3) is 10.3. The van der Waals surface area contributed by atoms with Gasteiger partial charge in [-0.05, 0) is 83.5 Å². The maximum Gasteiger partial charge on any atom is 0.293 e. The number of fused-ring (bicyclic) bond motifs is 1. The summed E-state index contributed by atoms with van der Waals surface area (Å²) in [6, 6.07) is 4.46. The summed E-state index contributed by atoms with van der Waals surface area (Å²) in [4.78, 5) is 65.5. The van der Waals surface area contributed by atoms with Gasteiger partial charge in [0.25, 0.3) is 18.3 Å². The molecule has 0 aromatic heterocycles. The lowest BCUT2D eigenvalue weighted by molar-refractivity contribution is -0.129. The number of piperidine rings is 1. The Morgan fingerprint density at radius 1 is 0.952 bits per heavy atom. The summed E-state index contributed by atoms with van der Waals surface area (Å²) in [5.41, 5.74) is 1.61. The molecular weight excluding hydrogens is 538 g/mol. The monoisotopic (exact) mass is 587 g/mol. The van der Waals surface area contributed by atoms with E-state index in [4.69, 9.17) is 0 Å². The van der Waals surface area contributed by atoms with Crippen molar-refractivity contribution in [3.8, 4) is 0 Å². The third-order valence-electron chi connectivity index (χ3n) is 7.56. The van der Waals surface area contributed by atoms with Crippen molar-refractivity contribution in [1.29, 1.82) is 0 Å². The Bertz CT molecular complexity index is 1020. The molecule has 3 aliphatic heterocycles. The number of ether oxygens (including phenoxy) is 1. The van der Waals surface area contributed by atoms with Gasteiger partial charge in [-0.1, -0.05) is 13.8 Å². The highest BCUT2D eigenvalue weighted by molar-refractivity contribution is 6.22. The van der Waals surface area contributed by atoms with Crippen molar-refractivity contribution >= 4 is 36.5 Å². The lowest BCUT2D eigenvalue weighted by atomic mass is 9.96. The van der Waals surface area contributed by atoms with Gasteiger partial charge in [-0.3, -0.25) is 24.2 Å². The second-order valence-corrected chi connectivity index (χ2v) is 11.5. The van der Waals surface area contributed by atoms with Gasteiger partial charge in [0.1, 0.15) is 12.6 Å². The summed E-state index contributed by atoms with van der Waals surface area (Å²) in [7, 11) is 5.94. The molecular formula is C31H49N5O6. The van der Waals surface area contributed by atoms with E-state index in [2.05, 4.69) is 31.8 Å².